The zero-order valence-electron chi connectivity index (χ0n) is 16.2. The van der Waals surface area contributed by atoms with Gasteiger partial charge in [-0.1, -0.05) is 24.3 Å². The zero-order chi connectivity index (χ0) is 21.4. The molecular weight excluding hydrogens is 385 g/mol. The number of fused-ring (bicyclic) bond motifs is 1. The number of amides is 2. The Kier molecular flexibility index (Phi) is 5.30. The molecule has 0 spiro atoms. The van der Waals surface area contributed by atoms with Crippen LogP contribution in [0.25, 0.3) is 0 Å². The van der Waals surface area contributed by atoms with Crippen LogP contribution in [0.15, 0.2) is 48.5 Å². The van der Waals surface area contributed by atoms with Crippen molar-refractivity contribution >= 4 is 23.4 Å². The molecule has 2 aromatic rings. The first kappa shape index (κ1) is 20.7. The van der Waals surface area contributed by atoms with Crippen molar-refractivity contribution in [2.75, 3.05) is 10.2 Å². The minimum atomic E-state index is -4.52. The second-order valence-electron chi connectivity index (χ2n) is 7.77. The second-order valence-corrected chi connectivity index (χ2v) is 7.77. The van der Waals surface area contributed by atoms with E-state index in [2.05, 4.69) is 5.32 Å². The van der Waals surface area contributed by atoms with Gasteiger partial charge in [0.15, 0.2) is 0 Å². The van der Waals surface area contributed by atoms with Gasteiger partial charge in [-0.25, -0.2) is 4.79 Å². The van der Waals surface area contributed by atoms with Gasteiger partial charge in [-0.05, 0) is 50.6 Å². The smallest absolute Gasteiger partial charge is 0.416 e. The third-order valence-corrected chi connectivity index (χ3v) is 4.33. The number of ether oxygens (including phenoxy) is 1. The van der Waals surface area contributed by atoms with Crippen molar-refractivity contribution in [3.63, 3.8) is 0 Å². The lowest BCUT2D eigenvalue weighted by molar-refractivity contribution is -0.137. The van der Waals surface area contributed by atoms with Gasteiger partial charge in [0.1, 0.15) is 11.6 Å². The molecule has 0 saturated heterocycles. The number of carbonyl (C=O) groups excluding carboxylic acids is 2. The van der Waals surface area contributed by atoms with E-state index in [0.717, 1.165) is 17.7 Å². The van der Waals surface area contributed by atoms with Gasteiger partial charge in [0.2, 0.25) is 5.91 Å². The van der Waals surface area contributed by atoms with Crippen LogP contribution in [0.3, 0.4) is 0 Å². The number of anilines is 2. The van der Waals surface area contributed by atoms with Crippen LogP contribution in [0.1, 0.15) is 31.9 Å². The van der Waals surface area contributed by atoms with Crippen molar-refractivity contribution in [2.24, 2.45) is 0 Å². The molecule has 0 aromatic heterocycles. The van der Waals surface area contributed by atoms with Crippen molar-refractivity contribution in [1.82, 2.24) is 0 Å². The minimum Gasteiger partial charge on any atom is -0.443 e. The van der Waals surface area contributed by atoms with Gasteiger partial charge in [0.05, 0.1) is 11.3 Å². The Balaban J connectivity index is 1.86. The molecule has 1 heterocycles. The third kappa shape index (κ3) is 4.70. The predicted octanol–water partition coefficient (Wildman–Crippen LogP) is 5.01. The molecule has 0 radical (unpaired) electrons. The van der Waals surface area contributed by atoms with Crippen LogP contribution >= 0.6 is 0 Å². The second kappa shape index (κ2) is 7.42. The maximum Gasteiger partial charge on any atom is 0.416 e. The summed E-state index contributed by atoms with van der Waals surface area (Å²) in [5.74, 6) is -0.591. The molecule has 29 heavy (non-hydrogen) atoms. The normalized spacial score (nSPS) is 16.3. The van der Waals surface area contributed by atoms with Crippen LogP contribution < -0.4 is 10.2 Å². The first-order valence-corrected chi connectivity index (χ1v) is 9.04. The van der Waals surface area contributed by atoms with Gasteiger partial charge < -0.3 is 10.1 Å². The molecule has 1 N–H and O–H groups in total. The lowest BCUT2D eigenvalue weighted by Crippen LogP contribution is -2.47. The SMILES string of the molecule is CC(C)(C)OC(=O)N1c2ccccc2CC1C(=O)Nc1cccc(C(F)(F)F)c1. The number of nitrogens with one attached hydrogen (secondary N) is 1. The number of rotatable bonds is 2. The Labute approximate surface area is 166 Å². The molecule has 0 bridgehead atoms. The minimum absolute atomic E-state index is 0.00456. The molecule has 1 aliphatic heterocycles. The average Bonchev–Trinajstić information content (AvgIpc) is 2.99. The number of hydrogen-bond acceptors (Lipinski definition) is 3. The Morgan fingerprint density at radius 2 is 1.76 bits per heavy atom. The van der Waals surface area contributed by atoms with E-state index >= 15 is 0 Å². The van der Waals surface area contributed by atoms with Crippen LogP contribution in [-0.2, 0) is 22.1 Å². The third-order valence-electron chi connectivity index (χ3n) is 4.33. The fraction of sp³-hybridized carbons (Fsp3) is 0.333. The zero-order valence-corrected chi connectivity index (χ0v) is 16.2. The number of benzene rings is 2. The Morgan fingerprint density at radius 3 is 2.41 bits per heavy atom. The molecule has 0 saturated carbocycles. The van der Waals surface area contributed by atoms with E-state index in [4.69, 9.17) is 4.74 Å². The van der Waals surface area contributed by atoms with Crippen molar-refractivity contribution in [3.8, 4) is 0 Å². The number of halogens is 3. The molecule has 1 atom stereocenters. The lowest BCUT2D eigenvalue weighted by Gasteiger charge is -2.28. The van der Waals surface area contributed by atoms with E-state index in [1.165, 1.54) is 17.0 Å². The summed E-state index contributed by atoms with van der Waals surface area (Å²) in [5.41, 5.74) is -0.302. The van der Waals surface area contributed by atoms with E-state index in [0.29, 0.717) is 5.69 Å². The van der Waals surface area contributed by atoms with Gasteiger partial charge in [0, 0.05) is 12.1 Å². The number of nitrogens with zero attached hydrogens (tertiary/aromatic N) is 1. The molecular formula is C21H21F3N2O3. The van der Waals surface area contributed by atoms with E-state index in [1.54, 1.807) is 45.0 Å². The fourth-order valence-corrected chi connectivity index (χ4v) is 3.13. The Bertz CT molecular complexity index is 935. The molecule has 3 rings (SSSR count). The van der Waals surface area contributed by atoms with Crippen molar-refractivity contribution < 1.29 is 27.5 Å². The van der Waals surface area contributed by atoms with Crippen molar-refractivity contribution in [2.45, 2.75) is 45.0 Å². The topological polar surface area (TPSA) is 58.6 Å². The summed E-state index contributed by atoms with van der Waals surface area (Å²) in [5, 5.41) is 2.49. The van der Waals surface area contributed by atoms with E-state index in [-0.39, 0.29) is 12.1 Å². The highest BCUT2D eigenvalue weighted by atomic mass is 19.4. The van der Waals surface area contributed by atoms with Crippen LogP contribution in [0.2, 0.25) is 0 Å². The standard InChI is InChI=1S/C21H21F3N2O3/c1-20(2,3)29-19(28)26-16-10-5-4-7-13(16)11-17(26)18(27)25-15-9-6-8-14(12-15)21(22,23)24/h4-10,12,17H,11H2,1-3H3,(H,25,27). The van der Waals surface area contributed by atoms with E-state index in [9.17, 15) is 22.8 Å². The van der Waals surface area contributed by atoms with Crippen LogP contribution in [0.4, 0.5) is 29.3 Å². The maximum absolute atomic E-state index is 12.9. The first-order chi connectivity index (χ1) is 13.5. The summed E-state index contributed by atoms with van der Waals surface area (Å²) in [6.45, 7) is 5.14. The molecule has 8 heteroatoms. The van der Waals surface area contributed by atoms with Crippen LogP contribution in [0, 0.1) is 0 Å². The maximum atomic E-state index is 12.9. The predicted molar refractivity (Wildman–Crippen MR) is 103 cm³/mol. The number of alkyl halides is 3. The Hall–Kier alpha value is -3.03. The van der Waals surface area contributed by atoms with Gasteiger partial charge in [-0.15, -0.1) is 0 Å². The van der Waals surface area contributed by atoms with E-state index < -0.39 is 35.4 Å². The highest BCUT2D eigenvalue weighted by molar-refractivity contribution is 6.05. The van der Waals surface area contributed by atoms with Crippen LogP contribution in [0.5, 0.6) is 0 Å². The monoisotopic (exact) mass is 406 g/mol. The quantitative estimate of drug-likeness (QED) is 0.763. The van der Waals surface area contributed by atoms with Gasteiger partial charge in [-0.2, -0.15) is 13.2 Å². The molecule has 1 aliphatic rings. The number of para-hydroxylation sites is 1. The van der Waals surface area contributed by atoms with Crippen molar-refractivity contribution in [1.29, 1.82) is 0 Å². The molecule has 5 nitrogen and oxygen atoms in total. The summed E-state index contributed by atoms with van der Waals surface area (Å²) < 4.78 is 44.2. The highest BCUT2D eigenvalue weighted by Crippen LogP contribution is 2.35. The largest absolute Gasteiger partial charge is 0.443 e. The summed E-state index contributed by atoms with van der Waals surface area (Å²) in [6, 6.07) is 10.5. The Morgan fingerprint density at radius 1 is 1.07 bits per heavy atom. The highest BCUT2D eigenvalue weighted by Gasteiger charge is 2.40. The van der Waals surface area contributed by atoms with Crippen molar-refractivity contribution in [3.05, 3.63) is 59.7 Å². The molecule has 2 aromatic carbocycles. The molecule has 1 unspecified atom stereocenters. The van der Waals surface area contributed by atoms with Gasteiger partial charge in [-0.3, -0.25) is 9.69 Å². The summed E-state index contributed by atoms with van der Waals surface area (Å²) in [4.78, 5) is 26.9. The molecule has 0 aliphatic carbocycles. The van der Waals surface area contributed by atoms with E-state index in [1.807, 2.05) is 0 Å². The van der Waals surface area contributed by atoms with Crippen LogP contribution in [-0.4, -0.2) is 23.6 Å². The van der Waals surface area contributed by atoms with Gasteiger partial charge in [0.25, 0.3) is 0 Å². The molecule has 0 fully saturated rings. The number of hydrogen-bond donors (Lipinski definition) is 1. The lowest BCUT2D eigenvalue weighted by atomic mass is 10.1. The molecule has 2 amide bonds. The molecule has 154 valence electrons. The average molecular weight is 406 g/mol. The summed E-state index contributed by atoms with van der Waals surface area (Å²) in [7, 11) is 0. The number of carbonyl (C=O) groups is 2. The fourth-order valence-electron chi connectivity index (χ4n) is 3.13. The first-order valence-electron chi connectivity index (χ1n) is 9.04. The van der Waals surface area contributed by atoms with Gasteiger partial charge >= 0.3 is 12.3 Å². The summed E-state index contributed by atoms with van der Waals surface area (Å²) >= 11 is 0. The summed E-state index contributed by atoms with van der Waals surface area (Å²) in [6.07, 6.45) is -4.97.